The van der Waals surface area contributed by atoms with Crippen LogP contribution < -0.4 is 11.1 Å². The molecule has 0 aliphatic carbocycles. The van der Waals surface area contributed by atoms with E-state index in [0.717, 1.165) is 9.77 Å². The van der Waals surface area contributed by atoms with Crippen molar-refractivity contribution in [2.24, 2.45) is 0 Å². The summed E-state index contributed by atoms with van der Waals surface area (Å²) in [7, 11) is 0. The predicted octanol–water partition coefficient (Wildman–Crippen LogP) is 3.95. The number of nitrogen functional groups attached to an aromatic ring is 1. The van der Waals surface area contributed by atoms with E-state index in [0.29, 0.717) is 16.5 Å². The van der Waals surface area contributed by atoms with Crippen LogP contribution in [0, 0.1) is 0 Å². The van der Waals surface area contributed by atoms with Gasteiger partial charge in [-0.15, -0.1) is 23.1 Å². The lowest BCUT2D eigenvalue weighted by Gasteiger charge is -2.12. The molecule has 20 heavy (non-hydrogen) atoms. The number of hydrogen-bond donors (Lipinski definition) is 2. The van der Waals surface area contributed by atoms with E-state index >= 15 is 0 Å². The van der Waals surface area contributed by atoms with Crippen molar-refractivity contribution in [3.63, 3.8) is 0 Å². The van der Waals surface area contributed by atoms with E-state index in [1.807, 2.05) is 30.5 Å². The fraction of sp³-hybridized carbons (Fsp3) is 0.214. The zero-order valence-electron chi connectivity index (χ0n) is 10.9. The van der Waals surface area contributed by atoms with Gasteiger partial charge in [-0.05, 0) is 36.6 Å². The summed E-state index contributed by atoms with van der Waals surface area (Å²) in [6.45, 7) is 1.98. The number of carbonyl (C=O) groups excluding carboxylic acids is 1. The molecule has 1 aromatic carbocycles. The summed E-state index contributed by atoms with van der Waals surface area (Å²) in [6.07, 6.45) is 0. The van der Waals surface area contributed by atoms with Crippen molar-refractivity contribution in [2.45, 2.75) is 17.9 Å². The van der Waals surface area contributed by atoms with Gasteiger partial charge in [-0.1, -0.05) is 17.7 Å². The minimum Gasteiger partial charge on any atom is -0.399 e. The first-order valence-corrected chi connectivity index (χ1v) is 8.31. The molecule has 106 valence electrons. The third-order valence-corrected chi connectivity index (χ3v) is 5.22. The molecule has 3 nitrogen and oxygen atoms in total. The number of carbonyl (C=O) groups is 1. The van der Waals surface area contributed by atoms with Gasteiger partial charge in [-0.3, -0.25) is 4.79 Å². The summed E-state index contributed by atoms with van der Waals surface area (Å²) >= 11 is 9.11. The molecule has 0 saturated heterocycles. The van der Waals surface area contributed by atoms with Crippen molar-refractivity contribution in [1.29, 1.82) is 0 Å². The van der Waals surface area contributed by atoms with Crippen LogP contribution in [0.15, 0.2) is 40.6 Å². The molecule has 0 fully saturated rings. The molecule has 2 rings (SSSR count). The van der Waals surface area contributed by atoms with Crippen LogP contribution in [-0.2, 0) is 4.79 Å². The van der Waals surface area contributed by atoms with Crippen molar-refractivity contribution >= 4 is 46.3 Å². The lowest BCUT2D eigenvalue weighted by Crippen LogP contribution is -2.27. The van der Waals surface area contributed by atoms with Crippen molar-refractivity contribution in [3.8, 4) is 0 Å². The fourth-order valence-electron chi connectivity index (χ4n) is 1.67. The van der Waals surface area contributed by atoms with Gasteiger partial charge in [-0.25, -0.2) is 0 Å². The summed E-state index contributed by atoms with van der Waals surface area (Å²) in [5, 5.41) is 5.54. The molecule has 0 radical (unpaired) electrons. The first-order chi connectivity index (χ1) is 9.56. The van der Waals surface area contributed by atoms with Crippen LogP contribution in [0.1, 0.15) is 17.8 Å². The number of amides is 1. The van der Waals surface area contributed by atoms with Crippen LogP contribution in [0.2, 0.25) is 5.02 Å². The fourth-order valence-corrected chi connectivity index (χ4v) is 3.49. The molecule has 0 spiro atoms. The molecule has 1 atom stereocenters. The van der Waals surface area contributed by atoms with Crippen LogP contribution in [0.25, 0.3) is 0 Å². The van der Waals surface area contributed by atoms with Gasteiger partial charge in [0.25, 0.3) is 0 Å². The summed E-state index contributed by atoms with van der Waals surface area (Å²) < 4.78 is 0. The number of halogens is 1. The standard InChI is InChI=1S/C14H15ClN2OS2/c1-9(12-3-2-6-19-12)17-14(18)8-20-13-5-4-10(16)7-11(13)15/h2-7,9H,8,16H2,1H3,(H,17,18). The summed E-state index contributed by atoms with van der Waals surface area (Å²) in [5.74, 6) is 0.322. The van der Waals surface area contributed by atoms with Gasteiger partial charge in [0.15, 0.2) is 0 Å². The molecule has 1 amide bonds. The summed E-state index contributed by atoms with van der Waals surface area (Å²) in [5.41, 5.74) is 6.25. The van der Waals surface area contributed by atoms with E-state index in [4.69, 9.17) is 17.3 Å². The Labute approximate surface area is 131 Å². The van der Waals surface area contributed by atoms with Gasteiger partial charge in [0.2, 0.25) is 5.91 Å². The normalized spacial score (nSPS) is 12.1. The average Bonchev–Trinajstić information content (AvgIpc) is 2.91. The minimum absolute atomic E-state index is 0.0104. The van der Waals surface area contributed by atoms with E-state index in [9.17, 15) is 4.79 Å². The van der Waals surface area contributed by atoms with Crippen LogP contribution in [0.5, 0.6) is 0 Å². The Balaban J connectivity index is 1.86. The topological polar surface area (TPSA) is 55.1 Å². The molecule has 1 heterocycles. The maximum absolute atomic E-state index is 11.9. The average molecular weight is 327 g/mol. The van der Waals surface area contributed by atoms with E-state index in [1.54, 1.807) is 23.5 Å². The Morgan fingerprint density at radius 3 is 2.95 bits per heavy atom. The highest BCUT2D eigenvalue weighted by Gasteiger charge is 2.11. The Bertz CT molecular complexity index is 587. The third-order valence-electron chi connectivity index (χ3n) is 2.66. The molecule has 0 aliphatic rings. The Hall–Kier alpha value is -1.17. The molecule has 0 aliphatic heterocycles. The quantitative estimate of drug-likeness (QED) is 0.646. The Morgan fingerprint density at radius 1 is 1.50 bits per heavy atom. The minimum atomic E-state index is -0.0104. The number of benzene rings is 1. The molecule has 0 saturated carbocycles. The van der Waals surface area contributed by atoms with Gasteiger partial charge in [0.05, 0.1) is 16.8 Å². The Morgan fingerprint density at radius 2 is 2.30 bits per heavy atom. The van der Waals surface area contributed by atoms with E-state index in [1.165, 1.54) is 11.8 Å². The maximum Gasteiger partial charge on any atom is 0.230 e. The van der Waals surface area contributed by atoms with Crippen molar-refractivity contribution in [2.75, 3.05) is 11.5 Å². The highest BCUT2D eigenvalue weighted by atomic mass is 35.5. The summed E-state index contributed by atoms with van der Waals surface area (Å²) in [4.78, 5) is 13.9. The second kappa shape index (κ2) is 7.02. The molecule has 3 N–H and O–H groups in total. The summed E-state index contributed by atoms with van der Waals surface area (Å²) in [6, 6.07) is 9.32. The molecule has 1 aromatic heterocycles. The highest BCUT2D eigenvalue weighted by molar-refractivity contribution is 8.00. The number of rotatable bonds is 5. The van der Waals surface area contributed by atoms with Gasteiger partial charge < -0.3 is 11.1 Å². The van der Waals surface area contributed by atoms with Gasteiger partial charge in [0.1, 0.15) is 0 Å². The van der Waals surface area contributed by atoms with Crippen LogP contribution in [-0.4, -0.2) is 11.7 Å². The molecule has 1 unspecified atom stereocenters. The van der Waals surface area contributed by atoms with Crippen LogP contribution in [0.4, 0.5) is 5.69 Å². The first kappa shape index (κ1) is 15.2. The number of nitrogens with two attached hydrogens (primary N) is 1. The second-order valence-corrected chi connectivity index (χ2v) is 6.69. The molecular formula is C14H15ClN2OS2. The molecule has 0 bridgehead atoms. The van der Waals surface area contributed by atoms with Crippen LogP contribution in [0.3, 0.4) is 0 Å². The number of nitrogens with one attached hydrogen (secondary N) is 1. The number of anilines is 1. The largest absolute Gasteiger partial charge is 0.399 e. The monoisotopic (exact) mass is 326 g/mol. The molecule has 6 heteroatoms. The maximum atomic E-state index is 11.9. The smallest absolute Gasteiger partial charge is 0.230 e. The van der Waals surface area contributed by atoms with Crippen molar-refractivity contribution < 1.29 is 4.79 Å². The van der Waals surface area contributed by atoms with Crippen molar-refractivity contribution in [1.82, 2.24) is 5.32 Å². The zero-order chi connectivity index (χ0) is 14.5. The lowest BCUT2D eigenvalue weighted by molar-refractivity contribution is -0.119. The molecule has 2 aromatic rings. The van der Waals surface area contributed by atoms with E-state index in [2.05, 4.69) is 5.32 Å². The van der Waals surface area contributed by atoms with E-state index < -0.39 is 0 Å². The number of thiophene rings is 1. The zero-order valence-corrected chi connectivity index (χ0v) is 13.3. The van der Waals surface area contributed by atoms with Gasteiger partial charge >= 0.3 is 0 Å². The highest BCUT2D eigenvalue weighted by Crippen LogP contribution is 2.28. The Kier molecular flexibility index (Phi) is 5.34. The van der Waals surface area contributed by atoms with E-state index in [-0.39, 0.29) is 11.9 Å². The first-order valence-electron chi connectivity index (χ1n) is 6.07. The van der Waals surface area contributed by atoms with Gasteiger partial charge in [-0.2, -0.15) is 0 Å². The van der Waals surface area contributed by atoms with Gasteiger partial charge in [0, 0.05) is 15.5 Å². The van der Waals surface area contributed by atoms with Crippen LogP contribution >= 0.6 is 34.7 Å². The molecular weight excluding hydrogens is 312 g/mol. The predicted molar refractivity (Wildman–Crippen MR) is 87.5 cm³/mol. The number of thioether (sulfide) groups is 1. The number of hydrogen-bond acceptors (Lipinski definition) is 4. The lowest BCUT2D eigenvalue weighted by atomic mass is 10.3. The SMILES string of the molecule is CC(NC(=O)CSc1ccc(N)cc1Cl)c1cccs1. The second-order valence-electron chi connectivity index (χ2n) is 4.28. The third kappa shape index (κ3) is 4.16. The van der Waals surface area contributed by atoms with Crippen molar-refractivity contribution in [3.05, 3.63) is 45.6 Å².